The van der Waals surface area contributed by atoms with E-state index in [1.54, 1.807) is 0 Å². The molecule has 21 rings (SSSR count). The van der Waals surface area contributed by atoms with E-state index in [0.717, 1.165) is 155 Å². The fourth-order valence-electron chi connectivity index (χ4n) is 16.2. The largest absolute Gasteiger partial charge is 0.208 e. The minimum atomic E-state index is 0.514. The highest BCUT2D eigenvalue weighted by atomic mass is 15.1. The van der Waals surface area contributed by atoms with Gasteiger partial charge in [0.2, 0.25) is 0 Å². The molecule has 0 amide bonds. The Labute approximate surface area is 726 Å². The molecule has 0 aliphatic heterocycles. The van der Waals surface area contributed by atoms with Crippen LogP contribution in [-0.4, -0.2) is 59.8 Å². The maximum Gasteiger partial charge on any atom is 0.164 e. The van der Waals surface area contributed by atoms with Gasteiger partial charge in [0.05, 0.1) is 23.3 Å². The SMILES string of the molecule is N#Cc1ccc(-c2cc3ccc(-c4ccccc4-c4nc(-c5ccccc5)nc(-c5cccc(-c6ccc(-c7nc(-c8ccccc8)nc(-c8cccc(-c9ccc%10cc(C#N)c(-c%11cccc(-c%12nc(-c%13ccccc%13)nc(-c%13ccccc%13)n%12)c%11)cc%10c9)c8)n7)cc6)c5)n4)cc3cc2-c2ccccc2-c2nc(-c3ccccc3)nc(-c3ccccc3)n2)cc1. The molecule has 14 nitrogen and oxygen atoms in total. The van der Waals surface area contributed by atoms with Crippen molar-refractivity contribution in [1.82, 2.24) is 59.8 Å². The number of fused-ring (bicyclic) bond motifs is 2. The van der Waals surface area contributed by atoms with Gasteiger partial charge in [0, 0.05) is 72.3 Å². The van der Waals surface area contributed by atoms with Gasteiger partial charge in [-0.1, -0.05) is 346 Å². The summed E-state index contributed by atoms with van der Waals surface area (Å²) in [6, 6.07) is 144. The molecule has 0 fully saturated rings. The maximum absolute atomic E-state index is 10.7. The van der Waals surface area contributed by atoms with Gasteiger partial charge in [0.25, 0.3) is 0 Å². The predicted octanol–water partition coefficient (Wildman–Crippen LogP) is 26.5. The Hall–Kier alpha value is -17.7. The highest BCUT2D eigenvalue weighted by Crippen LogP contribution is 2.44. The Bertz CT molecular complexity index is 7710. The van der Waals surface area contributed by atoms with Crippen molar-refractivity contribution in [3.8, 4) is 216 Å². The summed E-state index contributed by atoms with van der Waals surface area (Å²) in [6.45, 7) is 0. The van der Waals surface area contributed by atoms with Crippen LogP contribution in [0.3, 0.4) is 0 Å². The minimum Gasteiger partial charge on any atom is -0.208 e. The Kier molecular flexibility index (Phi) is 20.1. The summed E-state index contributed by atoms with van der Waals surface area (Å²) in [5, 5.41) is 24.6. The lowest BCUT2D eigenvalue weighted by atomic mass is 9.88. The third-order valence-corrected chi connectivity index (χ3v) is 22.6. The van der Waals surface area contributed by atoms with Gasteiger partial charge in [-0.25, -0.2) is 59.8 Å². The quantitative estimate of drug-likeness (QED) is 0.0785. The van der Waals surface area contributed by atoms with E-state index in [1.165, 1.54) is 0 Å². The molecule has 126 heavy (non-hydrogen) atoms. The molecule has 0 saturated carbocycles. The van der Waals surface area contributed by atoms with E-state index in [-0.39, 0.29) is 0 Å². The van der Waals surface area contributed by atoms with E-state index < -0.39 is 0 Å². The molecule has 0 unspecified atom stereocenters. The van der Waals surface area contributed by atoms with Crippen LogP contribution in [-0.2, 0) is 0 Å². The average Bonchev–Trinajstić information content (AvgIpc) is 0.758. The van der Waals surface area contributed by atoms with Gasteiger partial charge in [-0.05, 0) is 149 Å². The summed E-state index contributed by atoms with van der Waals surface area (Å²) in [4.78, 5) is 61.9. The molecule has 0 saturated heterocycles. The summed E-state index contributed by atoms with van der Waals surface area (Å²) < 4.78 is 0. The van der Waals surface area contributed by atoms with Crippen molar-refractivity contribution in [3.05, 3.63) is 424 Å². The molecule has 0 aliphatic carbocycles. The number of nitriles is 2. The van der Waals surface area contributed by atoms with Crippen LogP contribution in [0.2, 0.25) is 0 Å². The zero-order valence-corrected chi connectivity index (χ0v) is 67.5. The van der Waals surface area contributed by atoms with Crippen LogP contribution in [0.15, 0.2) is 413 Å². The van der Waals surface area contributed by atoms with Crippen LogP contribution < -0.4 is 0 Å². The van der Waals surface area contributed by atoms with Crippen LogP contribution in [0.4, 0.5) is 0 Å². The molecule has 14 heteroatoms. The smallest absolute Gasteiger partial charge is 0.164 e. The first-order valence-electron chi connectivity index (χ1n) is 41.3. The fourth-order valence-corrected chi connectivity index (χ4v) is 16.2. The van der Waals surface area contributed by atoms with Gasteiger partial charge in [-0.2, -0.15) is 10.5 Å². The van der Waals surface area contributed by atoms with Gasteiger partial charge in [0.15, 0.2) is 69.9 Å². The topological polar surface area (TPSA) is 202 Å². The van der Waals surface area contributed by atoms with Crippen molar-refractivity contribution >= 4 is 21.5 Å². The maximum atomic E-state index is 10.7. The molecular formula is C112H68N14. The monoisotopic (exact) mass is 1610 g/mol. The first-order chi connectivity index (χ1) is 62.3. The lowest BCUT2D eigenvalue weighted by Crippen LogP contribution is -2.01. The zero-order chi connectivity index (χ0) is 84.2. The van der Waals surface area contributed by atoms with Crippen molar-refractivity contribution in [2.45, 2.75) is 0 Å². The van der Waals surface area contributed by atoms with Crippen LogP contribution in [0, 0.1) is 22.7 Å². The molecule has 4 heterocycles. The average molecular weight is 1610 g/mol. The summed E-state index contributed by atoms with van der Waals surface area (Å²) >= 11 is 0. The Morgan fingerprint density at radius 1 is 0.135 bits per heavy atom. The summed E-state index contributed by atoms with van der Waals surface area (Å²) in [5.41, 5.74) is 22.5. The van der Waals surface area contributed by atoms with E-state index >= 15 is 0 Å². The third kappa shape index (κ3) is 15.4. The van der Waals surface area contributed by atoms with Gasteiger partial charge < -0.3 is 0 Å². The van der Waals surface area contributed by atoms with Crippen LogP contribution >= 0.6 is 0 Å². The molecule has 4 aromatic heterocycles. The highest BCUT2D eigenvalue weighted by molar-refractivity contribution is 6.02. The number of rotatable bonds is 18. The Morgan fingerprint density at radius 2 is 0.397 bits per heavy atom. The Balaban J connectivity index is 0.597. The molecule has 17 aromatic carbocycles. The standard InChI is InChI=1S/C112H68N14/c113-69-71-48-50-73(51-49-71)99-66-85-58-59-87(65-92(85)68-100(99)95-45-20-22-47-97(95)112-124-104(77-32-13-4-14-33-77)117-105(125-112)78-34-15-5-16-35-78)94-44-19-21-46-96(94)111-123-106(79-36-17-6-18-37-79)121-110(126-111)88-41-23-38-81(60-88)72-52-54-80(55-53-72)107-116-103(76-30-11-3-12-31-76)118-108(122-107)89-42-24-39-82(61-89)83-56-57-84-63-93(70-114)98(67-91(84)62-83)86-40-25-43-90(64-86)109-119-101(74-26-7-1-8-27-74)115-102(120-109)75-28-9-2-10-29-75/h1-68H. The van der Waals surface area contributed by atoms with Gasteiger partial charge in [0.1, 0.15) is 0 Å². The van der Waals surface area contributed by atoms with E-state index in [4.69, 9.17) is 59.8 Å². The van der Waals surface area contributed by atoms with Crippen LogP contribution in [0.1, 0.15) is 11.1 Å². The van der Waals surface area contributed by atoms with E-state index in [2.05, 4.69) is 158 Å². The lowest BCUT2D eigenvalue weighted by Gasteiger charge is -2.17. The molecular weight excluding hydrogens is 1540 g/mol. The number of nitrogens with zero attached hydrogens (tertiary/aromatic N) is 14. The lowest BCUT2D eigenvalue weighted by molar-refractivity contribution is 1.07. The first kappa shape index (κ1) is 75.7. The van der Waals surface area contributed by atoms with Gasteiger partial charge in [-0.15, -0.1) is 0 Å². The summed E-state index contributed by atoms with van der Waals surface area (Å²) in [5.74, 6) is 6.49. The highest BCUT2D eigenvalue weighted by Gasteiger charge is 2.24. The molecule has 586 valence electrons. The van der Waals surface area contributed by atoms with E-state index in [1.807, 2.05) is 267 Å². The number of hydrogen-bond acceptors (Lipinski definition) is 14. The second kappa shape index (κ2) is 33.5. The second-order valence-corrected chi connectivity index (χ2v) is 30.6. The van der Waals surface area contributed by atoms with Gasteiger partial charge >= 0.3 is 0 Å². The predicted molar refractivity (Wildman–Crippen MR) is 502 cm³/mol. The zero-order valence-electron chi connectivity index (χ0n) is 67.5. The van der Waals surface area contributed by atoms with Gasteiger partial charge in [-0.3, -0.25) is 0 Å². The van der Waals surface area contributed by atoms with Crippen molar-refractivity contribution in [1.29, 1.82) is 10.5 Å². The van der Waals surface area contributed by atoms with Crippen LogP contribution in [0.25, 0.3) is 225 Å². The van der Waals surface area contributed by atoms with E-state index in [9.17, 15) is 10.5 Å². The van der Waals surface area contributed by atoms with Crippen LogP contribution in [0.5, 0.6) is 0 Å². The third-order valence-electron chi connectivity index (χ3n) is 22.6. The molecule has 0 bridgehead atoms. The van der Waals surface area contributed by atoms with Crippen molar-refractivity contribution in [2.24, 2.45) is 0 Å². The minimum absolute atomic E-state index is 0.514. The fraction of sp³-hybridized carbons (Fsp3) is 0. The molecule has 0 N–H and O–H groups in total. The number of benzene rings is 17. The Morgan fingerprint density at radius 3 is 0.817 bits per heavy atom. The van der Waals surface area contributed by atoms with Crippen molar-refractivity contribution in [3.63, 3.8) is 0 Å². The number of aromatic nitrogens is 12. The summed E-state index contributed by atoms with van der Waals surface area (Å²) in [6.07, 6.45) is 0. The molecule has 0 aliphatic rings. The number of hydrogen-bond donors (Lipinski definition) is 0. The van der Waals surface area contributed by atoms with E-state index in [0.29, 0.717) is 81.0 Å². The molecule has 0 spiro atoms. The normalized spacial score (nSPS) is 11.2. The first-order valence-corrected chi connectivity index (χ1v) is 41.3. The van der Waals surface area contributed by atoms with Crippen molar-refractivity contribution in [2.75, 3.05) is 0 Å². The summed E-state index contributed by atoms with van der Waals surface area (Å²) in [7, 11) is 0. The second-order valence-electron chi connectivity index (χ2n) is 30.6. The molecule has 0 radical (unpaired) electrons. The molecule has 0 atom stereocenters. The van der Waals surface area contributed by atoms with Crippen molar-refractivity contribution < 1.29 is 0 Å². The molecule has 21 aromatic rings.